The van der Waals surface area contributed by atoms with Gasteiger partial charge in [-0.25, -0.2) is 0 Å². The lowest BCUT2D eigenvalue weighted by Gasteiger charge is -2.15. The normalized spacial score (nSPS) is 15.1. The highest BCUT2D eigenvalue weighted by Crippen LogP contribution is 2.27. The van der Waals surface area contributed by atoms with Crippen LogP contribution in [0.2, 0.25) is 0 Å². The molecule has 0 saturated carbocycles. The van der Waals surface area contributed by atoms with Gasteiger partial charge in [-0.1, -0.05) is 40.2 Å². The first-order valence-corrected chi connectivity index (χ1v) is 9.68. The van der Waals surface area contributed by atoms with Crippen molar-refractivity contribution in [1.82, 2.24) is 16.0 Å². The number of hydrogen-bond acceptors (Lipinski definition) is 3. The molecule has 6 nitrogen and oxygen atoms in total. The summed E-state index contributed by atoms with van der Waals surface area (Å²) in [6.07, 6.45) is 0.986. The Morgan fingerprint density at radius 2 is 1.93 bits per heavy atom. The van der Waals surface area contributed by atoms with Crippen LogP contribution in [0.15, 0.2) is 58.0 Å². The number of halogens is 2. The van der Waals surface area contributed by atoms with Crippen molar-refractivity contribution in [2.45, 2.75) is 12.5 Å². The summed E-state index contributed by atoms with van der Waals surface area (Å²) in [5.41, 5.74) is 1.87. The number of hydrogen-bond donors (Lipinski definition) is 3. The van der Waals surface area contributed by atoms with Gasteiger partial charge in [0.25, 0.3) is 5.91 Å². The van der Waals surface area contributed by atoms with E-state index in [1.807, 2.05) is 30.3 Å². The third-order valence-corrected chi connectivity index (χ3v) is 4.72. The molecule has 1 aliphatic heterocycles. The van der Waals surface area contributed by atoms with E-state index in [1.165, 1.54) is 5.56 Å². The van der Waals surface area contributed by atoms with Crippen LogP contribution < -0.4 is 20.7 Å². The van der Waals surface area contributed by atoms with Gasteiger partial charge in [-0.15, -0.1) is 24.0 Å². The number of rotatable bonds is 6. The Kier molecular flexibility index (Phi) is 9.04. The summed E-state index contributed by atoms with van der Waals surface area (Å²) in [6.45, 7) is 1.74. The fourth-order valence-electron chi connectivity index (χ4n) is 2.89. The smallest absolute Gasteiger partial charge is 0.251 e. The molecule has 3 rings (SSSR count). The number of guanidine groups is 1. The Hall–Kier alpha value is -1.81. The second-order valence-electron chi connectivity index (χ2n) is 6.20. The predicted octanol–water partition coefficient (Wildman–Crippen LogP) is 2.97. The van der Waals surface area contributed by atoms with Crippen molar-refractivity contribution in [3.63, 3.8) is 0 Å². The summed E-state index contributed by atoms with van der Waals surface area (Å²) < 4.78 is 6.79. The van der Waals surface area contributed by atoms with E-state index in [4.69, 9.17) is 4.74 Å². The Morgan fingerprint density at radius 1 is 1.14 bits per heavy atom. The number of amides is 1. The van der Waals surface area contributed by atoms with Crippen molar-refractivity contribution < 1.29 is 9.53 Å². The minimum absolute atomic E-state index is 0. The second kappa shape index (κ2) is 11.3. The fourth-order valence-corrected chi connectivity index (χ4v) is 3.29. The number of nitrogens with one attached hydrogen (secondary N) is 3. The molecule has 0 bridgehead atoms. The van der Waals surface area contributed by atoms with Crippen molar-refractivity contribution in [1.29, 1.82) is 0 Å². The number of ether oxygens (including phenoxy) is 1. The van der Waals surface area contributed by atoms with E-state index < -0.39 is 0 Å². The van der Waals surface area contributed by atoms with E-state index in [1.54, 1.807) is 19.2 Å². The first-order chi connectivity index (χ1) is 13.2. The number of benzene rings is 2. The van der Waals surface area contributed by atoms with Crippen molar-refractivity contribution in [2.24, 2.45) is 4.99 Å². The molecule has 1 unspecified atom stereocenters. The lowest BCUT2D eigenvalue weighted by molar-refractivity contribution is 0.0954. The lowest BCUT2D eigenvalue weighted by atomic mass is 10.1. The molecule has 2 aromatic carbocycles. The molecule has 28 heavy (non-hydrogen) atoms. The molecule has 0 spiro atoms. The van der Waals surface area contributed by atoms with Gasteiger partial charge in [0, 0.05) is 36.6 Å². The maximum absolute atomic E-state index is 12.1. The largest absolute Gasteiger partial charge is 0.488 e. The van der Waals surface area contributed by atoms with Gasteiger partial charge < -0.3 is 20.7 Å². The third kappa shape index (κ3) is 6.37. The average molecular weight is 559 g/mol. The maximum Gasteiger partial charge on any atom is 0.251 e. The highest BCUT2D eigenvalue weighted by molar-refractivity contribution is 14.0. The van der Waals surface area contributed by atoms with Gasteiger partial charge in [0.15, 0.2) is 5.96 Å². The molecule has 1 heterocycles. The zero-order valence-corrected chi connectivity index (χ0v) is 19.5. The van der Waals surface area contributed by atoms with E-state index >= 15 is 0 Å². The monoisotopic (exact) mass is 558 g/mol. The van der Waals surface area contributed by atoms with Gasteiger partial charge in [-0.3, -0.25) is 9.79 Å². The molecule has 1 amide bonds. The van der Waals surface area contributed by atoms with Crippen LogP contribution in [0.5, 0.6) is 5.75 Å². The fraction of sp³-hybridized carbons (Fsp3) is 0.300. The Balaban J connectivity index is 0.00000280. The topological polar surface area (TPSA) is 74.8 Å². The van der Waals surface area contributed by atoms with E-state index in [0.717, 1.165) is 16.6 Å². The molecule has 8 heteroatoms. The van der Waals surface area contributed by atoms with Gasteiger partial charge in [0.2, 0.25) is 0 Å². The highest BCUT2D eigenvalue weighted by Gasteiger charge is 2.22. The molecule has 0 aliphatic carbocycles. The van der Waals surface area contributed by atoms with Gasteiger partial charge in [0.1, 0.15) is 11.9 Å². The quantitative estimate of drug-likeness (QED) is 0.221. The zero-order chi connectivity index (χ0) is 19.1. The molecule has 2 aromatic rings. The summed E-state index contributed by atoms with van der Waals surface area (Å²) in [4.78, 5) is 16.3. The van der Waals surface area contributed by atoms with Crippen LogP contribution in [-0.4, -0.2) is 44.7 Å². The molecule has 0 aromatic heterocycles. The minimum atomic E-state index is -0.0989. The Labute approximate surface area is 190 Å². The van der Waals surface area contributed by atoms with E-state index in [-0.39, 0.29) is 36.0 Å². The molecule has 0 fully saturated rings. The molecule has 1 aliphatic rings. The highest BCUT2D eigenvalue weighted by atomic mass is 127. The van der Waals surface area contributed by atoms with Crippen LogP contribution in [0.1, 0.15) is 15.9 Å². The molecule has 0 radical (unpaired) electrons. The summed E-state index contributed by atoms with van der Waals surface area (Å²) >= 11 is 3.37. The summed E-state index contributed by atoms with van der Waals surface area (Å²) in [7, 11) is 1.72. The number of carbonyl (C=O) groups excluding carboxylic acids is 1. The summed E-state index contributed by atoms with van der Waals surface area (Å²) in [6, 6.07) is 15.4. The summed E-state index contributed by atoms with van der Waals surface area (Å²) in [5.74, 6) is 1.55. The predicted molar refractivity (Wildman–Crippen MR) is 126 cm³/mol. The third-order valence-electron chi connectivity index (χ3n) is 4.22. The molecule has 3 N–H and O–H groups in total. The summed E-state index contributed by atoms with van der Waals surface area (Å²) in [5, 5.41) is 9.35. The molecule has 150 valence electrons. The standard InChI is InChI=1S/C20H23BrN4O2.HI/c1-22-20(25-13-17-12-14-5-2-3-8-18(14)27-17)24-10-9-23-19(26)15-6-4-7-16(21)11-15;/h2-8,11,17H,9-10,12-13H2,1H3,(H,23,26)(H2,22,24,25);1H. The van der Waals surface area contributed by atoms with Gasteiger partial charge in [0.05, 0.1) is 6.54 Å². The van der Waals surface area contributed by atoms with Crippen LogP contribution in [0.4, 0.5) is 0 Å². The van der Waals surface area contributed by atoms with Crippen molar-refractivity contribution in [2.75, 3.05) is 26.7 Å². The lowest BCUT2D eigenvalue weighted by Crippen LogP contribution is -2.44. The average Bonchev–Trinajstić information content (AvgIpc) is 3.10. The van der Waals surface area contributed by atoms with Crippen LogP contribution in [0, 0.1) is 0 Å². The van der Waals surface area contributed by atoms with Crippen LogP contribution in [0.25, 0.3) is 0 Å². The number of nitrogens with zero attached hydrogens (tertiary/aromatic N) is 1. The molecular weight excluding hydrogens is 535 g/mol. The minimum Gasteiger partial charge on any atom is -0.488 e. The molecule has 0 saturated heterocycles. The Morgan fingerprint density at radius 3 is 2.68 bits per heavy atom. The van der Waals surface area contributed by atoms with Crippen LogP contribution in [0.3, 0.4) is 0 Å². The molecular formula is C20H24BrIN4O2. The second-order valence-corrected chi connectivity index (χ2v) is 7.11. The van der Waals surface area contributed by atoms with Gasteiger partial charge in [-0.05, 0) is 29.8 Å². The van der Waals surface area contributed by atoms with E-state index in [2.05, 4.69) is 42.9 Å². The Bertz CT molecular complexity index is 806. The number of fused-ring (bicyclic) bond motifs is 1. The van der Waals surface area contributed by atoms with Crippen molar-refractivity contribution in [3.8, 4) is 5.75 Å². The first-order valence-electron chi connectivity index (χ1n) is 8.88. The van der Waals surface area contributed by atoms with E-state index in [9.17, 15) is 4.79 Å². The van der Waals surface area contributed by atoms with Crippen LogP contribution >= 0.6 is 39.9 Å². The number of aliphatic imine (C=N–C) groups is 1. The van der Waals surface area contributed by atoms with Crippen molar-refractivity contribution >= 4 is 51.8 Å². The van der Waals surface area contributed by atoms with Crippen molar-refractivity contribution in [3.05, 3.63) is 64.1 Å². The van der Waals surface area contributed by atoms with Gasteiger partial charge >= 0.3 is 0 Å². The first kappa shape index (κ1) is 22.5. The maximum atomic E-state index is 12.1. The molecule has 1 atom stereocenters. The number of carbonyl (C=O) groups is 1. The zero-order valence-electron chi connectivity index (χ0n) is 15.6. The van der Waals surface area contributed by atoms with Gasteiger partial charge in [-0.2, -0.15) is 0 Å². The van der Waals surface area contributed by atoms with Crippen LogP contribution in [-0.2, 0) is 6.42 Å². The SMILES string of the molecule is CN=C(NCCNC(=O)c1cccc(Br)c1)NCC1Cc2ccccc2O1.I. The van der Waals surface area contributed by atoms with E-state index in [0.29, 0.717) is 31.2 Å². The number of para-hydroxylation sites is 1.